The van der Waals surface area contributed by atoms with Gasteiger partial charge in [0.25, 0.3) is 0 Å². The zero-order valence-corrected chi connectivity index (χ0v) is 10.7. The first-order valence-electron chi connectivity index (χ1n) is 5.73. The van der Waals surface area contributed by atoms with E-state index in [1.54, 1.807) is 6.92 Å². The Balaban J connectivity index is 2.20. The highest BCUT2D eigenvalue weighted by Crippen LogP contribution is 2.09. The molecule has 0 amide bonds. The number of anilines is 1. The van der Waals surface area contributed by atoms with Crippen LogP contribution in [0.25, 0.3) is 0 Å². The Bertz CT molecular complexity index is 363. The van der Waals surface area contributed by atoms with Crippen molar-refractivity contribution < 1.29 is 4.79 Å². The molecule has 0 aliphatic carbocycles. The van der Waals surface area contributed by atoms with Crippen LogP contribution in [0.3, 0.4) is 0 Å². The van der Waals surface area contributed by atoms with E-state index in [9.17, 15) is 4.79 Å². The quantitative estimate of drug-likeness (QED) is 0.756. The Hall–Kier alpha value is -1.23. The van der Waals surface area contributed by atoms with Crippen molar-refractivity contribution in [2.24, 2.45) is 0 Å². The number of carbonyl (C=O) groups is 1. The number of ketones is 1. The van der Waals surface area contributed by atoms with Crippen LogP contribution >= 0.6 is 11.6 Å². The Morgan fingerprint density at radius 3 is 2.53 bits per heavy atom. The molecule has 0 fully saturated rings. The second kappa shape index (κ2) is 7.17. The lowest BCUT2D eigenvalue weighted by molar-refractivity contribution is -0.117. The summed E-state index contributed by atoms with van der Waals surface area (Å²) in [5.41, 5.74) is 5.46. The fraction of sp³-hybridized carbons (Fsp3) is 0.636. The number of nitrogens with zero attached hydrogens (tertiary/aromatic N) is 3. The molecule has 0 saturated heterocycles. The van der Waals surface area contributed by atoms with E-state index in [0.29, 0.717) is 12.2 Å². The second-order valence-electron chi connectivity index (χ2n) is 4.00. The van der Waals surface area contributed by atoms with Crippen LogP contribution in [0.5, 0.6) is 0 Å². The predicted molar refractivity (Wildman–Crippen MR) is 66.7 cm³/mol. The number of rotatable bonds is 7. The minimum Gasteiger partial charge on any atom is -0.368 e. The van der Waals surface area contributed by atoms with Gasteiger partial charge in [-0.2, -0.15) is 9.97 Å². The smallest absolute Gasteiger partial charge is 0.227 e. The van der Waals surface area contributed by atoms with E-state index < -0.39 is 0 Å². The number of aromatic nitrogens is 3. The zero-order valence-electron chi connectivity index (χ0n) is 9.95. The standard InChI is InChI=1S/C11H17ClN4O/c1-8(17)6-4-2-3-5-7-9-14-10(12)16-11(13)15-9/h2-7H2,1H3,(H2,13,14,15,16). The molecule has 94 valence electrons. The van der Waals surface area contributed by atoms with E-state index in [1.807, 2.05) is 0 Å². The van der Waals surface area contributed by atoms with Gasteiger partial charge in [0, 0.05) is 12.8 Å². The molecule has 17 heavy (non-hydrogen) atoms. The molecule has 1 aromatic heterocycles. The summed E-state index contributed by atoms with van der Waals surface area (Å²) in [5, 5.41) is 0.143. The van der Waals surface area contributed by atoms with E-state index in [4.69, 9.17) is 17.3 Å². The fourth-order valence-electron chi connectivity index (χ4n) is 1.53. The van der Waals surface area contributed by atoms with Gasteiger partial charge in [-0.1, -0.05) is 12.8 Å². The molecule has 0 aliphatic heterocycles. The third-order valence-electron chi connectivity index (χ3n) is 2.35. The van der Waals surface area contributed by atoms with Crippen LogP contribution in [0.15, 0.2) is 0 Å². The first kappa shape index (κ1) is 13.8. The van der Waals surface area contributed by atoms with Gasteiger partial charge in [0.1, 0.15) is 11.6 Å². The third-order valence-corrected chi connectivity index (χ3v) is 2.52. The summed E-state index contributed by atoms with van der Waals surface area (Å²) in [7, 11) is 0. The first-order valence-corrected chi connectivity index (χ1v) is 6.11. The Labute approximate surface area is 106 Å². The Morgan fingerprint density at radius 1 is 1.18 bits per heavy atom. The van der Waals surface area contributed by atoms with Crippen LogP contribution in [0.1, 0.15) is 44.9 Å². The van der Waals surface area contributed by atoms with Crippen molar-refractivity contribution in [2.75, 3.05) is 5.73 Å². The van der Waals surface area contributed by atoms with Crippen LogP contribution in [-0.4, -0.2) is 20.7 Å². The van der Waals surface area contributed by atoms with Crippen molar-refractivity contribution in [1.29, 1.82) is 0 Å². The molecule has 0 radical (unpaired) electrons. The number of hydrogen-bond acceptors (Lipinski definition) is 5. The van der Waals surface area contributed by atoms with Crippen molar-refractivity contribution in [3.05, 3.63) is 11.1 Å². The fourth-order valence-corrected chi connectivity index (χ4v) is 1.71. The number of nitrogen functional groups attached to an aromatic ring is 1. The van der Waals surface area contributed by atoms with Crippen molar-refractivity contribution in [1.82, 2.24) is 15.0 Å². The lowest BCUT2D eigenvalue weighted by Gasteiger charge is -2.01. The molecule has 0 atom stereocenters. The average molecular weight is 257 g/mol. The average Bonchev–Trinajstić information content (AvgIpc) is 2.21. The molecule has 1 aromatic rings. The summed E-state index contributed by atoms with van der Waals surface area (Å²) < 4.78 is 0. The first-order chi connectivity index (χ1) is 8.08. The second-order valence-corrected chi connectivity index (χ2v) is 4.33. The molecule has 6 heteroatoms. The van der Waals surface area contributed by atoms with Crippen molar-refractivity contribution in [3.8, 4) is 0 Å². The van der Waals surface area contributed by atoms with Crippen molar-refractivity contribution in [3.63, 3.8) is 0 Å². The summed E-state index contributed by atoms with van der Waals surface area (Å²) in [5.74, 6) is 1.05. The molecule has 0 aromatic carbocycles. The monoisotopic (exact) mass is 256 g/mol. The van der Waals surface area contributed by atoms with Gasteiger partial charge in [-0.15, -0.1) is 0 Å². The highest BCUT2D eigenvalue weighted by atomic mass is 35.5. The highest BCUT2D eigenvalue weighted by molar-refractivity contribution is 6.28. The highest BCUT2D eigenvalue weighted by Gasteiger charge is 2.02. The molecular formula is C11H17ClN4O. The maximum absolute atomic E-state index is 10.7. The lowest BCUT2D eigenvalue weighted by Crippen LogP contribution is -2.03. The van der Waals surface area contributed by atoms with Crippen molar-refractivity contribution >= 4 is 23.3 Å². The number of Topliss-reactive ketones (excluding diaryl/α,β-unsaturated/α-hetero) is 1. The normalized spacial score (nSPS) is 10.5. The van der Waals surface area contributed by atoms with Crippen LogP contribution in [-0.2, 0) is 11.2 Å². The van der Waals surface area contributed by atoms with Gasteiger partial charge in [0.2, 0.25) is 11.2 Å². The molecule has 2 N–H and O–H groups in total. The van der Waals surface area contributed by atoms with E-state index in [-0.39, 0.29) is 17.0 Å². The summed E-state index contributed by atoms with van der Waals surface area (Å²) >= 11 is 5.67. The van der Waals surface area contributed by atoms with Crippen LogP contribution in [0.2, 0.25) is 5.28 Å². The van der Waals surface area contributed by atoms with Gasteiger partial charge in [-0.05, 0) is 31.4 Å². The number of carbonyl (C=O) groups excluding carboxylic acids is 1. The van der Waals surface area contributed by atoms with Crippen LogP contribution in [0, 0.1) is 0 Å². The largest absolute Gasteiger partial charge is 0.368 e. The SMILES string of the molecule is CC(=O)CCCCCCc1nc(N)nc(Cl)n1. The minimum atomic E-state index is 0.143. The third kappa shape index (κ3) is 6.16. The van der Waals surface area contributed by atoms with Gasteiger partial charge in [-0.25, -0.2) is 4.98 Å². The van der Waals surface area contributed by atoms with Crippen molar-refractivity contribution in [2.45, 2.75) is 45.4 Å². The van der Waals surface area contributed by atoms with E-state index in [1.165, 1.54) is 0 Å². The number of aryl methyl sites for hydroxylation is 1. The number of hydrogen-bond donors (Lipinski definition) is 1. The molecule has 5 nitrogen and oxygen atoms in total. The van der Waals surface area contributed by atoms with E-state index in [0.717, 1.165) is 32.1 Å². The van der Waals surface area contributed by atoms with Gasteiger partial charge >= 0.3 is 0 Å². The lowest BCUT2D eigenvalue weighted by atomic mass is 10.1. The molecule has 0 aliphatic rings. The molecule has 0 unspecified atom stereocenters. The van der Waals surface area contributed by atoms with Crippen LogP contribution in [0.4, 0.5) is 5.95 Å². The Kier molecular flexibility index (Phi) is 5.83. The molecule has 0 spiro atoms. The number of nitrogens with two attached hydrogens (primary N) is 1. The topological polar surface area (TPSA) is 81.8 Å². The van der Waals surface area contributed by atoms with E-state index in [2.05, 4.69) is 15.0 Å². The Morgan fingerprint density at radius 2 is 1.88 bits per heavy atom. The van der Waals surface area contributed by atoms with E-state index >= 15 is 0 Å². The molecule has 0 bridgehead atoms. The predicted octanol–water partition coefficient (Wildman–Crippen LogP) is 2.19. The number of halogens is 1. The summed E-state index contributed by atoms with van der Waals surface area (Å²) in [4.78, 5) is 22.4. The van der Waals surface area contributed by atoms with Crippen LogP contribution < -0.4 is 5.73 Å². The zero-order chi connectivity index (χ0) is 12.7. The van der Waals surface area contributed by atoms with Gasteiger partial charge < -0.3 is 10.5 Å². The molecule has 1 heterocycles. The maximum Gasteiger partial charge on any atom is 0.227 e. The minimum absolute atomic E-state index is 0.143. The molecule has 1 rings (SSSR count). The maximum atomic E-state index is 10.7. The van der Waals surface area contributed by atoms with Gasteiger partial charge in [0.15, 0.2) is 0 Å². The molecule has 0 saturated carbocycles. The summed E-state index contributed by atoms with van der Waals surface area (Å²) in [6, 6.07) is 0. The van der Waals surface area contributed by atoms with Gasteiger partial charge in [-0.3, -0.25) is 0 Å². The summed E-state index contributed by atoms with van der Waals surface area (Å²) in [6.45, 7) is 1.62. The number of unbranched alkanes of at least 4 members (excludes halogenated alkanes) is 3. The molecular weight excluding hydrogens is 240 g/mol. The summed E-state index contributed by atoms with van der Waals surface area (Å²) in [6.07, 6.45) is 5.44. The van der Waals surface area contributed by atoms with Gasteiger partial charge in [0.05, 0.1) is 0 Å².